The molecular weight excluding hydrogens is 585 g/mol. The van der Waals surface area contributed by atoms with Gasteiger partial charge < -0.3 is 20.1 Å². The number of carboxylic acids is 1. The van der Waals surface area contributed by atoms with Crippen LogP contribution in [0.4, 0.5) is 10.1 Å². The summed E-state index contributed by atoms with van der Waals surface area (Å²) >= 11 is 0. The molecule has 5 aromatic rings. The van der Waals surface area contributed by atoms with E-state index in [0.717, 1.165) is 4.57 Å². The summed E-state index contributed by atoms with van der Waals surface area (Å²) in [5.41, 5.74) is 0.399. The lowest BCUT2D eigenvalue weighted by molar-refractivity contribution is -0.139. The smallest absolute Gasteiger partial charge is 0.337 e. The van der Waals surface area contributed by atoms with Crippen LogP contribution in [0, 0.1) is 12.7 Å². The van der Waals surface area contributed by atoms with Crippen molar-refractivity contribution < 1.29 is 23.8 Å². The van der Waals surface area contributed by atoms with Gasteiger partial charge in [0.25, 0.3) is 11.5 Å². The van der Waals surface area contributed by atoms with Crippen LogP contribution >= 0.6 is 0 Å². The lowest BCUT2D eigenvalue weighted by Gasteiger charge is -2.29. The summed E-state index contributed by atoms with van der Waals surface area (Å²) in [6.07, 6.45) is 4.02. The zero-order valence-corrected chi connectivity index (χ0v) is 24.4. The van der Waals surface area contributed by atoms with Crippen molar-refractivity contribution in [3.63, 3.8) is 0 Å². The number of nitrogens with zero attached hydrogens (tertiary/aromatic N) is 6. The molecule has 0 aliphatic carbocycles. The SMILES string of the molecule is Cc1cc(N2CCOCC2)cc(F)c1C(=O)N[C@@H](Cc1ccc(-n2c(=O)c3nccnc3n(C)c2=O)c2ncccc12)C(=O)O. The number of benzene rings is 2. The first-order valence-corrected chi connectivity index (χ1v) is 14.1. The molecule has 4 heterocycles. The lowest BCUT2D eigenvalue weighted by atomic mass is 9.99. The maximum absolute atomic E-state index is 15.3. The number of carbonyl (C=O) groups excluding carboxylic acids is 1. The van der Waals surface area contributed by atoms with Gasteiger partial charge in [0.1, 0.15) is 11.9 Å². The number of halogens is 1. The average molecular weight is 614 g/mol. The highest BCUT2D eigenvalue weighted by Gasteiger charge is 2.27. The number of fused-ring (bicyclic) bond motifs is 2. The number of carboxylic acid groups (broad SMARTS) is 1. The van der Waals surface area contributed by atoms with Gasteiger partial charge in [-0.05, 0) is 42.3 Å². The van der Waals surface area contributed by atoms with Crippen molar-refractivity contribution in [3.05, 3.63) is 98.3 Å². The van der Waals surface area contributed by atoms with Gasteiger partial charge in [0.05, 0.1) is 30.0 Å². The van der Waals surface area contributed by atoms with E-state index >= 15 is 4.39 Å². The van der Waals surface area contributed by atoms with Gasteiger partial charge in [-0.25, -0.2) is 28.5 Å². The van der Waals surface area contributed by atoms with Gasteiger partial charge in [-0.15, -0.1) is 0 Å². The highest BCUT2D eigenvalue weighted by Crippen LogP contribution is 2.26. The Hall–Kier alpha value is -5.50. The Balaban J connectivity index is 1.34. The third-order valence-electron chi connectivity index (χ3n) is 7.86. The maximum Gasteiger partial charge on any atom is 0.337 e. The number of aromatic nitrogens is 5. The Bertz CT molecular complexity index is 2080. The molecule has 13 nitrogen and oxygen atoms in total. The predicted octanol–water partition coefficient (Wildman–Crippen LogP) is 1.74. The Morgan fingerprint density at radius 3 is 2.51 bits per heavy atom. The molecule has 6 rings (SSSR count). The van der Waals surface area contributed by atoms with E-state index in [9.17, 15) is 24.3 Å². The van der Waals surface area contributed by atoms with Crippen LogP contribution in [0.2, 0.25) is 0 Å². The molecule has 2 aromatic carbocycles. The van der Waals surface area contributed by atoms with Crippen LogP contribution in [0.15, 0.2) is 64.6 Å². The number of ether oxygens (including phenoxy) is 1. The summed E-state index contributed by atoms with van der Waals surface area (Å²) in [6.45, 7) is 3.80. The molecule has 0 saturated carbocycles. The highest BCUT2D eigenvalue weighted by atomic mass is 19.1. The van der Waals surface area contributed by atoms with Crippen LogP contribution in [-0.2, 0) is 23.0 Å². The largest absolute Gasteiger partial charge is 0.480 e. The number of pyridine rings is 1. The van der Waals surface area contributed by atoms with E-state index < -0.39 is 35.0 Å². The van der Waals surface area contributed by atoms with Crippen molar-refractivity contribution in [1.82, 2.24) is 29.4 Å². The fourth-order valence-corrected chi connectivity index (χ4v) is 5.62. The minimum atomic E-state index is -1.43. The third-order valence-corrected chi connectivity index (χ3v) is 7.86. The maximum atomic E-state index is 15.3. The number of nitrogens with one attached hydrogen (secondary N) is 1. The number of morpholine rings is 1. The van der Waals surface area contributed by atoms with E-state index in [1.54, 1.807) is 31.2 Å². The molecule has 2 N–H and O–H groups in total. The predicted molar refractivity (Wildman–Crippen MR) is 162 cm³/mol. The first-order chi connectivity index (χ1) is 21.7. The van der Waals surface area contributed by atoms with Crippen molar-refractivity contribution in [2.24, 2.45) is 7.05 Å². The van der Waals surface area contributed by atoms with Crippen molar-refractivity contribution in [3.8, 4) is 5.69 Å². The van der Waals surface area contributed by atoms with E-state index in [2.05, 4.69) is 20.3 Å². The van der Waals surface area contributed by atoms with E-state index in [1.165, 1.54) is 42.3 Å². The Labute approximate surface area is 254 Å². The molecule has 1 aliphatic rings. The van der Waals surface area contributed by atoms with Gasteiger partial charge >= 0.3 is 11.7 Å². The van der Waals surface area contributed by atoms with Crippen molar-refractivity contribution in [2.75, 3.05) is 31.2 Å². The first kappa shape index (κ1) is 29.6. The minimum Gasteiger partial charge on any atom is -0.480 e. The van der Waals surface area contributed by atoms with Crippen molar-refractivity contribution in [2.45, 2.75) is 19.4 Å². The summed E-state index contributed by atoms with van der Waals surface area (Å²) in [5.74, 6) is -2.95. The molecule has 45 heavy (non-hydrogen) atoms. The number of anilines is 1. The number of aryl methyl sites for hydroxylation is 2. The molecule has 1 saturated heterocycles. The number of carbonyl (C=O) groups is 2. The molecule has 1 fully saturated rings. The van der Waals surface area contributed by atoms with Gasteiger partial charge in [0, 0.05) is 56.2 Å². The van der Waals surface area contributed by atoms with Crippen LogP contribution in [0.1, 0.15) is 21.5 Å². The Morgan fingerprint density at radius 2 is 1.78 bits per heavy atom. The topological polar surface area (TPSA) is 162 Å². The van der Waals surface area contributed by atoms with Crippen LogP contribution in [-0.4, -0.2) is 73.4 Å². The van der Waals surface area contributed by atoms with Crippen LogP contribution in [0.5, 0.6) is 0 Å². The Kier molecular flexibility index (Phi) is 7.81. The number of hydrogen-bond donors (Lipinski definition) is 2. The van der Waals surface area contributed by atoms with Crippen molar-refractivity contribution in [1.29, 1.82) is 0 Å². The zero-order valence-electron chi connectivity index (χ0n) is 24.4. The summed E-state index contributed by atoms with van der Waals surface area (Å²) in [4.78, 5) is 66.8. The molecular formula is C31H28FN7O6. The quantitative estimate of drug-likeness (QED) is 0.277. The molecule has 1 amide bonds. The van der Waals surface area contributed by atoms with Gasteiger partial charge in [-0.1, -0.05) is 12.1 Å². The monoisotopic (exact) mass is 613 g/mol. The lowest BCUT2D eigenvalue weighted by Crippen LogP contribution is -2.43. The molecule has 0 spiro atoms. The van der Waals surface area contributed by atoms with Gasteiger partial charge in [-0.3, -0.25) is 19.1 Å². The standard InChI is InChI=1S/C31H28FN7O6/c1-17-14-19(38-10-12-45-13-11-38)16-21(32)24(17)28(40)36-22(30(42)43)15-18-5-6-23(25-20(18)4-3-7-33-25)39-29(41)26-27(35-9-8-34-26)37(2)31(39)44/h3-9,14,16,22H,10-13,15H2,1-2H3,(H,36,40)(H,42,43)/t22-/m0/s1. The summed E-state index contributed by atoms with van der Waals surface area (Å²) in [6, 6.07) is 7.89. The minimum absolute atomic E-state index is 0.0121. The second-order valence-electron chi connectivity index (χ2n) is 10.6. The Morgan fingerprint density at radius 1 is 1.04 bits per heavy atom. The molecule has 0 radical (unpaired) electrons. The highest BCUT2D eigenvalue weighted by molar-refractivity contribution is 5.99. The van der Waals surface area contributed by atoms with E-state index in [0.29, 0.717) is 48.5 Å². The normalized spacial score (nSPS) is 14.1. The van der Waals surface area contributed by atoms with E-state index in [-0.39, 0.29) is 34.4 Å². The number of rotatable bonds is 7. The van der Waals surface area contributed by atoms with Crippen molar-refractivity contribution >= 4 is 39.6 Å². The summed E-state index contributed by atoms with van der Waals surface area (Å²) in [5, 5.41) is 13.0. The van der Waals surface area contributed by atoms with E-state index in [4.69, 9.17) is 4.74 Å². The number of aliphatic carboxylic acids is 1. The molecule has 230 valence electrons. The van der Waals surface area contributed by atoms with E-state index in [1.807, 2.05) is 4.90 Å². The van der Waals surface area contributed by atoms with Gasteiger partial charge in [0.15, 0.2) is 11.2 Å². The summed E-state index contributed by atoms with van der Waals surface area (Å²) in [7, 11) is 1.47. The molecule has 1 atom stereocenters. The fourth-order valence-electron chi connectivity index (χ4n) is 5.62. The third kappa shape index (κ3) is 5.40. The number of amides is 1. The number of hydrogen-bond acceptors (Lipinski definition) is 9. The zero-order chi connectivity index (χ0) is 31.8. The summed E-state index contributed by atoms with van der Waals surface area (Å²) < 4.78 is 22.8. The molecule has 0 bridgehead atoms. The second kappa shape index (κ2) is 11.9. The second-order valence-corrected chi connectivity index (χ2v) is 10.6. The van der Waals surface area contributed by atoms with Gasteiger partial charge in [0.2, 0.25) is 0 Å². The molecule has 1 aliphatic heterocycles. The fraction of sp³-hybridized carbons (Fsp3) is 0.258. The first-order valence-electron chi connectivity index (χ1n) is 14.1. The average Bonchev–Trinajstić information content (AvgIpc) is 3.04. The van der Waals surface area contributed by atoms with Crippen LogP contribution in [0.3, 0.4) is 0 Å². The molecule has 0 unspecified atom stereocenters. The van der Waals surface area contributed by atoms with Gasteiger partial charge in [-0.2, -0.15) is 0 Å². The molecule has 3 aromatic heterocycles. The molecule has 14 heteroatoms. The van der Waals surface area contributed by atoms with Crippen LogP contribution < -0.4 is 21.5 Å². The van der Waals surface area contributed by atoms with Crippen LogP contribution in [0.25, 0.3) is 27.8 Å².